The molecule has 0 N–H and O–H groups in total. The fourth-order valence-electron chi connectivity index (χ4n) is 4.43. The summed E-state index contributed by atoms with van der Waals surface area (Å²) in [5.41, 5.74) is 4.05. The Morgan fingerprint density at radius 3 is 2.54 bits per heavy atom. The lowest BCUT2D eigenvalue weighted by Crippen LogP contribution is -2.29. The van der Waals surface area contributed by atoms with Gasteiger partial charge in [-0.15, -0.1) is 0 Å². The van der Waals surface area contributed by atoms with Crippen LogP contribution in [0.15, 0.2) is 70.6 Å². The van der Waals surface area contributed by atoms with Crippen molar-refractivity contribution < 1.29 is 17.9 Å². The van der Waals surface area contributed by atoms with Gasteiger partial charge >= 0.3 is 0 Å². The van der Waals surface area contributed by atoms with E-state index < -0.39 is 15.9 Å². The Hall–Kier alpha value is -3.43. The van der Waals surface area contributed by atoms with Gasteiger partial charge in [0, 0.05) is 18.7 Å². The number of fused-ring (bicyclic) bond motifs is 2. The molecule has 1 aromatic heterocycles. The van der Waals surface area contributed by atoms with Crippen LogP contribution in [0.25, 0.3) is 10.2 Å². The van der Waals surface area contributed by atoms with Crippen LogP contribution in [0, 0.1) is 6.92 Å². The number of carbonyl (C=O) groups is 1. The molecule has 0 saturated carbocycles. The number of sulfonamides is 1. The average Bonchev–Trinajstić information content (AvgIpc) is 3.47. The molecule has 4 aromatic rings. The molecule has 0 bridgehead atoms. The van der Waals surface area contributed by atoms with Gasteiger partial charge in [-0.3, -0.25) is 9.10 Å². The fourth-order valence-corrected chi connectivity index (χ4v) is 7.11. The third-order valence-electron chi connectivity index (χ3n) is 6.25. The zero-order valence-corrected chi connectivity index (χ0v) is 21.3. The van der Waals surface area contributed by atoms with E-state index in [0.717, 1.165) is 27.1 Å². The van der Waals surface area contributed by atoms with Crippen molar-refractivity contribution >= 4 is 43.2 Å². The number of benzene rings is 3. The highest BCUT2D eigenvalue weighted by molar-refractivity contribution is 7.92. The normalized spacial score (nSPS) is 13.9. The summed E-state index contributed by atoms with van der Waals surface area (Å²) in [5.74, 6) is 0.307. The van der Waals surface area contributed by atoms with Gasteiger partial charge in [0.2, 0.25) is 0 Å². The number of anilines is 1. The van der Waals surface area contributed by atoms with Crippen molar-refractivity contribution in [2.24, 2.45) is 4.99 Å². The smallest absolute Gasteiger partial charge is 0.279 e. The number of hydrogen-bond donors (Lipinski definition) is 0. The van der Waals surface area contributed by atoms with Crippen molar-refractivity contribution in [3.8, 4) is 5.75 Å². The lowest BCUT2D eigenvalue weighted by Gasteiger charge is -2.19. The first-order valence-corrected chi connectivity index (χ1v) is 13.6. The molecule has 35 heavy (non-hydrogen) atoms. The Morgan fingerprint density at radius 1 is 1.09 bits per heavy atom. The Morgan fingerprint density at radius 2 is 1.83 bits per heavy atom. The molecule has 1 amide bonds. The summed E-state index contributed by atoms with van der Waals surface area (Å²) in [6.07, 6.45) is 0.682. The minimum absolute atomic E-state index is 0.150. The monoisotopic (exact) mass is 507 g/mol. The van der Waals surface area contributed by atoms with Crippen molar-refractivity contribution in [2.45, 2.75) is 31.7 Å². The van der Waals surface area contributed by atoms with Crippen LogP contribution >= 0.6 is 11.3 Å². The van der Waals surface area contributed by atoms with E-state index in [1.165, 1.54) is 39.9 Å². The Kier molecular flexibility index (Phi) is 5.98. The van der Waals surface area contributed by atoms with Gasteiger partial charge in [0.05, 0.1) is 22.4 Å². The molecule has 0 spiro atoms. The lowest BCUT2D eigenvalue weighted by atomic mass is 10.2. The number of hydrogen-bond acceptors (Lipinski definition) is 5. The molecular formula is C26H25N3O4S2. The van der Waals surface area contributed by atoms with Crippen LogP contribution < -0.4 is 13.8 Å². The Balaban J connectivity index is 1.49. The quantitative estimate of drug-likeness (QED) is 0.397. The van der Waals surface area contributed by atoms with Gasteiger partial charge in [0.25, 0.3) is 15.9 Å². The topological polar surface area (TPSA) is 81.0 Å². The predicted octanol–water partition coefficient (Wildman–Crippen LogP) is 4.53. The van der Waals surface area contributed by atoms with Gasteiger partial charge in [-0.1, -0.05) is 35.6 Å². The maximum absolute atomic E-state index is 13.2. The number of carbonyl (C=O) groups excluding carboxylic acids is 1. The van der Waals surface area contributed by atoms with Crippen LogP contribution in [-0.2, 0) is 23.0 Å². The van der Waals surface area contributed by atoms with Gasteiger partial charge in [-0.25, -0.2) is 8.42 Å². The highest BCUT2D eigenvalue weighted by Gasteiger charge is 2.30. The summed E-state index contributed by atoms with van der Waals surface area (Å²) in [5, 5.41) is 0. The zero-order chi connectivity index (χ0) is 24.7. The van der Waals surface area contributed by atoms with Crippen LogP contribution in [0.5, 0.6) is 5.75 Å². The zero-order valence-electron chi connectivity index (χ0n) is 19.7. The van der Waals surface area contributed by atoms with E-state index >= 15 is 0 Å². The molecule has 0 aliphatic carbocycles. The van der Waals surface area contributed by atoms with E-state index in [9.17, 15) is 13.2 Å². The van der Waals surface area contributed by atoms with Crippen molar-refractivity contribution in [3.63, 3.8) is 0 Å². The molecule has 3 aromatic carbocycles. The number of aryl methyl sites for hydroxylation is 2. The van der Waals surface area contributed by atoms with Gasteiger partial charge in [0.15, 0.2) is 4.80 Å². The first-order chi connectivity index (χ1) is 16.8. The summed E-state index contributed by atoms with van der Waals surface area (Å²) in [6.45, 7) is 5.04. The van der Waals surface area contributed by atoms with E-state index in [0.29, 0.717) is 35.6 Å². The number of nitrogens with zero attached hydrogens (tertiary/aromatic N) is 3. The molecule has 0 fully saturated rings. The molecule has 0 saturated heterocycles. The van der Waals surface area contributed by atoms with Crippen molar-refractivity contribution in [1.29, 1.82) is 0 Å². The molecule has 7 nitrogen and oxygen atoms in total. The van der Waals surface area contributed by atoms with Crippen LogP contribution in [-0.4, -0.2) is 32.5 Å². The maximum Gasteiger partial charge on any atom is 0.279 e. The average molecular weight is 508 g/mol. The van der Waals surface area contributed by atoms with Crippen molar-refractivity contribution in [3.05, 3.63) is 82.2 Å². The van der Waals surface area contributed by atoms with Crippen LogP contribution in [0.2, 0.25) is 0 Å². The third-order valence-corrected chi connectivity index (χ3v) is 9.29. The number of amides is 1. The Labute approximate surface area is 208 Å². The van der Waals surface area contributed by atoms with E-state index in [2.05, 4.69) is 4.99 Å². The lowest BCUT2D eigenvalue weighted by molar-refractivity contribution is 0.0997. The molecule has 1 aliphatic rings. The van der Waals surface area contributed by atoms with E-state index in [1.54, 1.807) is 7.11 Å². The molecule has 180 valence electrons. The molecule has 1 aliphatic heterocycles. The van der Waals surface area contributed by atoms with Crippen LogP contribution in [0.4, 0.5) is 5.69 Å². The molecule has 5 rings (SSSR count). The first-order valence-electron chi connectivity index (χ1n) is 11.3. The SMILES string of the molecule is CCn1c(=NC(=O)c2ccc(S(=O)(=O)N3CCc4ccccc43)cc2)sc2c(C)ccc(OC)c21. The summed E-state index contributed by atoms with van der Waals surface area (Å²) in [6, 6.07) is 17.4. The third kappa shape index (κ3) is 3.94. The minimum atomic E-state index is -3.72. The predicted molar refractivity (Wildman–Crippen MR) is 138 cm³/mol. The van der Waals surface area contributed by atoms with Crippen molar-refractivity contribution in [2.75, 3.05) is 18.0 Å². The number of aromatic nitrogens is 1. The Bertz CT molecular complexity index is 1620. The number of para-hydroxylation sites is 1. The van der Waals surface area contributed by atoms with Crippen LogP contribution in [0.3, 0.4) is 0 Å². The maximum atomic E-state index is 13.2. The molecule has 0 atom stereocenters. The number of thiazole rings is 1. The summed E-state index contributed by atoms with van der Waals surface area (Å²) in [7, 11) is -2.09. The van der Waals surface area contributed by atoms with Gasteiger partial charge < -0.3 is 9.30 Å². The summed E-state index contributed by atoms with van der Waals surface area (Å²) >= 11 is 1.44. The molecule has 0 unspecified atom stereocenters. The number of methoxy groups -OCH3 is 1. The molecular weight excluding hydrogens is 482 g/mol. The first kappa shape index (κ1) is 23.3. The second-order valence-electron chi connectivity index (χ2n) is 8.29. The fraction of sp³-hybridized carbons (Fsp3) is 0.231. The number of rotatable bonds is 5. The van der Waals surface area contributed by atoms with Crippen molar-refractivity contribution in [1.82, 2.24) is 4.57 Å². The summed E-state index contributed by atoms with van der Waals surface area (Å²) < 4.78 is 36.4. The van der Waals surface area contributed by atoms with Gasteiger partial charge in [-0.2, -0.15) is 4.99 Å². The standard InChI is InChI=1S/C26H25N3O4S2/c1-4-28-23-22(33-3)14-9-17(2)24(23)34-26(28)27-25(30)19-10-12-20(13-11-19)35(31,32)29-16-15-18-7-5-6-8-21(18)29/h5-14H,4,15-16H2,1-3H3. The second kappa shape index (κ2) is 8.98. The van der Waals surface area contributed by atoms with Crippen LogP contribution in [0.1, 0.15) is 28.4 Å². The van der Waals surface area contributed by atoms with E-state index in [4.69, 9.17) is 4.74 Å². The minimum Gasteiger partial charge on any atom is -0.495 e. The highest BCUT2D eigenvalue weighted by Crippen LogP contribution is 2.33. The van der Waals surface area contributed by atoms with E-state index in [-0.39, 0.29) is 4.90 Å². The summed E-state index contributed by atoms with van der Waals surface area (Å²) in [4.78, 5) is 18.1. The van der Waals surface area contributed by atoms with Gasteiger partial charge in [-0.05, 0) is 67.8 Å². The molecule has 9 heteroatoms. The molecule has 0 radical (unpaired) electrons. The molecule has 2 heterocycles. The van der Waals surface area contributed by atoms with Gasteiger partial charge in [0.1, 0.15) is 11.3 Å². The largest absolute Gasteiger partial charge is 0.495 e. The second-order valence-corrected chi connectivity index (χ2v) is 11.1. The van der Waals surface area contributed by atoms with E-state index in [1.807, 2.05) is 54.8 Å². The highest BCUT2D eigenvalue weighted by atomic mass is 32.2. The number of ether oxygens (including phenoxy) is 1.